The molecule has 0 fully saturated rings. The van der Waals surface area contributed by atoms with Crippen LogP contribution >= 0.6 is 0 Å². The third kappa shape index (κ3) is 8.98. The minimum Gasteiger partial charge on any atom is -0.300 e. The van der Waals surface area contributed by atoms with E-state index in [2.05, 4.69) is 99.6 Å². The lowest BCUT2D eigenvalue weighted by molar-refractivity contribution is -0.129. The summed E-state index contributed by atoms with van der Waals surface area (Å²) >= 11 is 0. The third-order valence-corrected chi connectivity index (χ3v) is 8.78. The Hall–Kier alpha value is -2.55. The second-order valence-corrected chi connectivity index (χ2v) is 14.0. The fourth-order valence-corrected chi connectivity index (χ4v) is 6.88. The lowest BCUT2D eigenvalue weighted by Gasteiger charge is -2.34. The molecule has 0 saturated carbocycles. The van der Waals surface area contributed by atoms with Gasteiger partial charge in [0.05, 0.1) is 6.42 Å². The molecule has 3 atom stereocenters. The van der Waals surface area contributed by atoms with Gasteiger partial charge in [0.15, 0.2) is 5.78 Å². The Kier molecular flexibility index (Phi) is 13.4. The van der Waals surface area contributed by atoms with Gasteiger partial charge in [0.2, 0.25) is 0 Å². The molecule has 0 amide bonds. The van der Waals surface area contributed by atoms with E-state index in [1.165, 1.54) is 41.2 Å². The van der Waals surface area contributed by atoms with Crippen molar-refractivity contribution >= 4 is 17.3 Å². The van der Waals surface area contributed by atoms with Crippen LogP contribution in [0.1, 0.15) is 153 Å². The molecule has 0 radical (unpaired) electrons. The average molecular weight is 575 g/mol. The Morgan fingerprint density at radius 1 is 0.976 bits per heavy atom. The highest BCUT2D eigenvalue weighted by Gasteiger charge is 2.35. The van der Waals surface area contributed by atoms with Crippen molar-refractivity contribution in [2.45, 2.75) is 139 Å². The normalized spacial score (nSPS) is 16.4. The Balaban J connectivity index is 0.00000197. The first kappa shape index (κ1) is 35.6. The van der Waals surface area contributed by atoms with Crippen molar-refractivity contribution in [2.75, 3.05) is 0 Å². The van der Waals surface area contributed by atoms with Gasteiger partial charge in [-0.1, -0.05) is 112 Å². The SMILES string of the molecule is CCC.CCCC(CC1CC(=O)c2c(C)c(C(C)(C)C)cc(-c3ccc(C(C)C)cc3)c2C1)C(CC)C(=O)CC(C)=O. The van der Waals surface area contributed by atoms with Crippen molar-refractivity contribution in [3.63, 3.8) is 0 Å². The van der Waals surface area contributed by atoms with Crippen LogP contribution < -0.4 is 0 Å². The van der Waals surface area contributed by atoms with E-state index in [9.17, 15) is 14.4 Å². The number of rotatable bonds is 11. The second kappa shape index (κ2) is 15.8. The molecular formula is C39H58O3. The average Bonchev–Trinajstić information content (AvgIpc) is 2.88. The molecule has 3 unspecified atom stereocenters. The summed E-state index contributed by atoms with van der Waals surface area (Å²) in [6.07, 6.45) is 6.20. The van der Waals surface area contributed by atoms with E-state index in [0.29, 0.717) is 12.3 Å². The van der Waals surface area contributed by atoms with Gasteiger partial charge in [0, 0.05) is 17.9 Å². The number of fused-ring (bicyclic) bond motifs is 1. The Morgan fingerprint density at radius 3 is 2.05 bits per heavy atom. The monoisotopic (exact) mass is 574 g/mol. The van der Waals surface area contributed by atoms with Crippen LogP contribution in [-0.4, -0.2) is 17.3 Å². The van der Waals surface area contributed by atoms with Crippen LogP contribution in [0.3, 0.4) is 0 Å². The smallest absolute Gasteiger partial charge is 0.163 e. The molecule has 3 heteroatoms. The van der Waals surface area contributed by atoms with E-state index in [-0.39, 0.29) is 46.9 Å². The Bertz CT molecular complexity index is 1210. The fourth-order valence-electron chi connectivity index (χ4n) is 6.88. The molecule has 232 valence electrons. The van der Waals surface area contributed by atoms with Crippen molar-refractivity contribution in [1.29, 1.82) is 0 Å². The van der Waals surface area contributed by atoms with Gasteiger partial charge in [-0.3, -0.25) is 14.4 Å². The maximum absolute atomic E-state index is 13.9. The maximum Gasteiger partial charge on any atom is 0.163 e. The van der Waals surface area contributed by atoms with E-state index in [0.717, 1.165) is 43.2 Å². The van der Waals surface area contributed by atoms with Crippen molar-refractivity contribution in [3.8, 4) is 11.1 Å². The van der Waals surface area contributed by atoms with Crippen LogP contribution in [0.4, 0.5) is 0 Å². The number of hydrogen-bond acceptors (Lipinski definition) is 3. The maximum atomic E-state index is 13.9. The summed E-state index contributed by atoms with van der Waals surface area (Å²) in [5, 5.41) is 0. The van der Waals surface area contributed by atoms with E-state index in [1.807, 2.05) is 0 Å². The summed E-state index contributed by atoms with van der Waals surface area (Å²) in [6, 6.07) is 11.2. The molecule has 0 aliphatic heterocycles. The summed E-state index contributed by atoms with van der Waals surface area (Å²) in [4.78, 5) is 38.6. The predicted octanol–water partition coefficient (Wildman–Crippen LogP) is 10.6. The van der Waals surface area contributed by atoms with Crippen LogP contribution in [0.2, 0.25) is 0 Å². The van der Waals surface area contributed by atoms with Crippen LogP contribution in [0.5, 0.6) is 0 Å². The predicted molar refractivity (Wildman–Crippen MR) is 179 cm³/mol. The molecular weight excluding hydrogens is 516 g/mol. The number of Topliss-reactive ketones (excluding diaryl/α,β-unsaturated/α-hetero) is 3. The first-order valence-corrected chi connectivity index (χ1v) is 16.5. The van der Waals surface area contributed by atoms with Gasteiger partial charge in [-0.15, -0.1) is 0 Å². The van der Waals surface area contributed by atoms with Crippen LogP contribution in [0.25, 0.3) is 11.1 Å². The Labute approximate surface area is 257 Å². The number of carbonyl (C=O) groups is 3. The number of carbonyl (C=O) groups excluding carboxylic acids is 3. The summed E-state index contributed by atoms with van der Waals surface area (Å²) in [5.74, 6) is 1.01. The summed E-state index contributed by atoms with van der Waals surface area (Å²) in [7, 11) is 0. The van der Waals surface area contributed by atoms with Crippen molar-refractivity contribution < 1.29 is 14.4 Å². The first-order chi connectivity index (χ1) is 19.7. The third-order valence-electron chi connectivity index (χ3n) is 8.78. The summed E-state index contributed by atoms with van der Waals surface area (Å²) in [6.45, 7) is 23.2. The van der Waals surface area contributed by atoms with Gasteiger partial charge in [-0.25, -0.2) is 0 Å². The van der Waals surface area contributed by atoms with E-state index in [4.69, 9.17) is 0 Å². The molecule has 1 aliphatic rings. The molecule has 42 heavy (non-hydrogen) atoms. The van der Waals surface area contributed by atoms with Gasteiger partial charge in [0.1, 0.15) is 11.6 Å². The molecule has 0 N–H and O–H groups in total. The lowest BCUT2D eigenvalue weighted by atomic mass is 9.69. The quantitative estimate of drug-likeness (QED) is 0.251. The molecule has 0 heterocycles. The van der Waals surface area contributed by atoms with E-state index < -0.39 is 0 Å². The van der Waals surface area contributed by atoms with Gasteiger partial charge >= 0.3 is 0 Å². The highest BCUT2D eigenvalue weighted by atomic mass is 16.1. The molecule has 0 bridgehead atoms. The zero-order chi connectivity index (χ0) is 31.8. The molecule has 2 aromatic carbocycles. The van der Waals surface area contributed by atoms with Gasteiger partial charge < -0.3 is 0 Å². The van der Waals surface area contributed by atoms with Crippen molar-refractivity contribution in [2.24, 2.45) is 17.8 Å². The molecule has 3 nitrogen and oxygen atoms in total. The van der Waals surface area contributed by atoms with Crippen molar-refractivity contribution in [1.82, 2.24) is 0 Å². The first-order valence-electron chi connectivity index (χ1n) is 16.5. The minimum absolute atomic E-state index is 0.0243. The molecule has 1 aliphatic carbocycles. The molecule has 3 rings (SSSR count). The highest BCUT2D eigenvalue weighted by Crippen LogP contribution is 2.43. The number of ketones is 3. The number of benzene rings is 2. The Morgan fingerprint density at radius 2 is 1.57 bits per heavy atom. The zero-order valence-corrected chi connectivity index (χ0v) is 28.6. The van der Waals surface area contributed by atoms with Crippen LogP contribution in [0.15, 0.2) is 30.3 Å². The van der Waals surface area contributed by atoms with Crippen LogP contribution in [-0.2, 0) is 21.4 Å². The molecule has 2 aromatic rings. The standard InChI is InChI=1S/C36H50O3.C3H8/c1-10-12-28(29(11-2)33(38)17-23(5)37)18-25-19-31-30(27-15-13-26(14-16-27)22(3)4)21-32(36(7,8)9)24(6)35(31)34(39)20-25;1-3-2/h13-16,21-22,25,28-29H,10-12,17-20H2,1-9H3;3H2,1-2H3. The van der Waals surface area contributed by atoms with E-state index >= 15 is 0 Å². The number of hydrogen-bond donors (Lipinski definition) is 0. The topological polar surface area (TPSA) is 51.2 Å². The van der Waals surface area contributed by atoms with Crippen LogP contribution in [0, 0.1) is 24.7 Å². The van der Waals surface area contributed by atoms with Gasteiger partial charge in [0.25, 0.3) is 0 Å². The molecule has 0 saturated heterocycles. The second-order valence-electron chi connectivity index (χ2n) is 14.0. The van der Waals surface area contributed by atoms with Crippen molar-refractivity contribution in [3.05, 3.63) is 58.1 Å². The summed E-state index contributed by atoms with van der Waals surface area (Å²) < 4.78 is 0. The van der Waals surface area contributed by atoms with Gasteiger partial charge in [-0.05, 0) is 89.7 Å². The minimum atomic E-state index is -0.113. The lowest BCUT2D eigenvalue weighted by Crippen LogP contribution is -2.30. The summed E-state index contributed by atoms with van der Waals surface area (Å²) in [5.41, 5.74) is 8.06. The largest absolute Gasteiger partial charge is 0.300 e. The van der Waals surface area contributed by atoms with E-state index in [1.54, 1.807) is 0 Å². The fraction of sp³-hybridized carbons (Fsp3) is 0.615. The molecule has 0 spiro atoms. The zero-order valence-electron chi connectivity index (χ0n) is 28.6. The van der Waals surface area contributed by atoms with Gasteiger partial charge in [-0.2, -0.15) is 0 Å². The highest BCUT2D eigenvalue weighted by molar-refractivity contribution is 6.02. The molecule has 0 aromatic heterocycles.